The monoisotopic (exact) mass is 521 g/mol. The van der Waals surface area contributed by atoms with Crippen molar-refractivity contribution in [3.63, 3.8) is 0 Å². The Morgan fingerprint density at radius 2 is 1.86 bits per heavy atom. The molecule has 0 spiro atoms. The van der Waals surface area contributed by atoms with Crippen LogP contribution in [0.25, 0.3) is 20.8 Å². The van der Waals surface area contributed by atoms with E-state index in [9.17, 15) is 15.3 Å². The lowest BCUT2D eigenvalue weighted by Gasteiger charge is -2.21. The van der Waals surface area contributed by atoms with Gasteiger partial charge in [0.2, 0.25) is 5.95 Å². The highest BCUT2D eigenvalue weighted by Crippen LogP contribution is 2.39. The molecule has 9 nitrogen and oxygen atoms in total. The fraction of sp³-hybridized carbons (Fsp3) is 0.370. The molecule has 1 saturated carbocycles. The summed E-state index contributed by atoms with van der Waals surface area (Å²) in [4.78, 5) is 14.4. The Hall–Kier alpha value is -3.31. The van der Waals surface area contributed by atoms with Gasteiger partial charge in [0.1, 0.15) is 22.7 Å². The van der Waals surface area contributed by atoms with Crippen molar-refractivity contribution in [2.45, 2.75) is 45.4 Å². The summed E-state index contributed by atoms with van der Waals surface area (Å²) in [6.45, 7) is 5.70. The van der Waals surface area contributed by atoms with Gasteiger partial charge in [0.15, 0.2) is 0 Å². The van der Waals surface area contributed by atoms with E-state index >= 15 is 0 Å². The molecular weight excluding hydrogens is 490 g/mol. The number of methoxy groups -OCH3 is 1. The number of aliphatic hydroxyl groups excluding tert-OH is 3. The van der Waals surface area contributed by atoms with Gasteiger partial charge >= 0.3 is 0 Å². The Kier molecular flexibility index (Phi) is 7.00. The molecule has 0 radical (unpaired) electrons. The third-order valence-corrected chi connectivity index (χ3v) is 7.95. The lowest BCUT2D eigenvalue weighted by atomic mass is 10.1. The second-order valence-corrected chi connectivity index (χ2v) is 10.6. The number of rotatable bonds is 7. The van der Waals surface area contributed by atoms with E-state index in [0.717, 1.165) is 37.6 Å². The molecule has 5 rings (SSSR count). The summed E-state index contributed by atoms with van der Waals surface area (Å²) in [5, 5.41) is 38.1. The van der Waals surface area contributed by atoms with Crippen molar-refractivity contribution in [1.82, 2.24) is 15.0 Å². The average molecular weight is 522 g/mol. The van der Waals surface area contributed by atoms with Crippen LogP contribution in [0, 0.1) is 26.7 Å². The summed E-state index contributed by atoms with van der Waals surface area (Å²) >= 11 is 1.55. The first-order valence-electron chi connectivity index (χ1n) is 12.2. The highest BCUT2D eigenvalue weighted by Gasteiger charge is 2.41. The molecule has 2 aromatic heterocycles. The number of anilines is 3. The van der Waals surface area contributed by atoms with E-state index in [0.29, 0.717) is 29.6 Å². The van der Waals surface area contributed by atoms with Crippen LogP contribution in [0.5, 0.6) is 5.75 Å². The molecule has 4 aromatic rings. The van der Waals surface area contributed by atoms with E-state index in [-0.39, 0.29) is 6.61 Å². The standard InChI is InChI=1S/C27H31N5O4S/c1-13-8-9-20-17(10-13)30-26(37-20)21-15(3)28-27(31-22-14(2)6-5-7-19(22)36-4)32-25(21)29-18-11-16(12-33)23(34)24(18)35/h5-10,16,18,23-24,33-35H,11-12H2,1-4H3,(H2,28,29,31,32). The van der Waals surface area contributed by atoms with Crippen LogP contribution in [0.3, 0.4) is 0 Å². The molecule has 1 aliphatic rings. The van der Waals surface area contributed by atoms with Crippen molar-refractivity contribution in [3.8, 4) is 16.3 Å². The molecule has 5 N–H and O–H groups in total. The van der Waals surface area contributed by atoms with Crippen molar-refractivity contribution in [2.75, 3.05) is 24.4 Å². The number of nitrogens with zero attached hydrogens (tertiary/aromatic N) is 3. The Bertz CT molecular complexity index is 1440. The van der Waals surface area contributed by atoms with Gasteiger partial charge in [-0.25, -0.2) is 9.97 Å². The van der Waals surface area contributed by atoms with Gasteiger partial charge in [0.25, 0.3) is 0 Å². The van der Waals surface area contributed by atoms with E-state index < -0.39 is 24.2 Å². The molecule has 0 saturated heterocycles. The Morgan fingerprint density at radius 3 is 2.59 bits per heavy atom. The van der Waals surface area contributed by atoms with Gasteiger partial charge in [-0.15, -0.1) is 11.3 Å². The zero-order valence-electron chi connectivity index (χ0n) is 21.2. The summed E-state index contributed by atoms with van der Waals surface area (Å²) in [5.41, 5.74) is 5.19. The van der Waals surface area contributed by atoms with Gasteiger partial charge in [0.05, 0.1) is 46.4 Å². The fourth-order valence-corrected chi connectivity index (χ4v) is 5.88. The van der Waals surface area contributed by atoms with Crippen molar-refractivity contribution in [1.29, 1.82) is 0 Å². The molecule has 37 heavy (non-hydrogen) atoms. The maximum absolute atomic E-state index is 10.7. The maximum Gasteiger partial charge on any atom is 0.229 e. The zero-order chi connectivity index (χ0) is 26.3. The molecule has 4 atom stereocenters. The predicted octanol–water partition coefficient (Wildman–Crippen LogP) is 3.95. The van der Waals surface area contributed by atoms with Gasteiger partial charge < -0.3 is 30.7 Å². The Morgan fingerprint density at radius 1 is 1.05 bits per heavy atom. The van der Waals surface area contributed by atoms with Crippen LogP contribution in [0.1, 0.15) is 23.2 Å². The molecule has 0 bridgehead atoms. The normalized spacial score (nSPS) is 21.4. The van der Waals surface area contributed by atoms with Crippen molar-refractivity contribution in [3.05, 3.63) is 53.2 Å². The lowest BCUT2D eigenvalue weighted by Crippen LogP contribution is -2.35. The SMILES string of the molecule is COc1cccc(C)c1Nc1nc(C)c(-c2nc3cc(C)ccc3s2)c(NC2CC(CO)C(O)C2O)n1. The third kappa shape index (κ3) is 4.85. The predicted molar refractivity (Wildman–Crippen MR) is 146 cm³/mol. The second-order valence-electron chi connectivity index (χ2n) is 9.53. The van der Waals surface area contributed by atoms with Crippen LogP contribution in [-0.4, -0.2) is 62.2 Å². The van der Waals surface area contributed by atoms with Crippen LogP contribution in [-0.2, 0) is 0 Å². The average Bonchev–Trinajstić information content (AvgIpc) is 3.40. The minimum absolute atomic E-state index is 0.205. The van der Waals surface area contributed by atoms with E-state index in [1.54, 1.807) is 18.4 Å². The second kappa shape index (κ2) is 10.2. The van der Waals surface area contributed by atoms with Gasteiger partial charge in [0, 0.05) is 12.5 Å². The topological polar surface area (TPSA) is 133 Å². The molecule has 0 amide bonds. The van der Waals surface area contributed by atoms with Crippen molar-refractivity contribution in [2.24, 2.45) is 5.92 Å². The molecule has 0 aliphatic heterocycles. The molecule has 10 heteroatoms. The van der Waals surface area contributed by atoms with Gasteiger partial charge in [-0.05, 0) is 56.5 Å². The molecule has 1 aliphatic carbocycles. The van der Waals surface area contributed by atoms with Crippen LogP contribution >= 0.6 is 11.3 Å². The number of thiazole rings is 1. The number of aryl methyl sites for hydroxylation is 3. The van der Waals surface area contributed by atoms with Gasteiger partial charge in [-0.3, -0.25) is 0 Å². The number of para-hydroxylation sites is 1. The number of fused-ring (bicyclic) bond motifs is 1. The maximum atomic E-state index is 10.7. The molecule has 4 unspecified atom stereocenters. The molecule has 1 fully saturated rings. The van der Waals surface area contributed by atoms with Crippen molar-refractivity contribution >= 4 is 39.0 Å². The molecule has 2 aromatic carbocycles. The summed E-state index contributed by atoms with van der Waals surface area (Å²) in [6, 6.07) is 11.4. The minimum Gasteiger partial charge on any atom is -0.495 e. The van der Waals surface area contributed by atoms with E-state index in [1.807, 2.05) is 45.0 Å². The molecule has 2 heterocycles. The summed E-state index contributed by atoms with van der Waals surface area (Å²) < 4.78 is 6.58. The highest BCUT2D eigenvalue weighted by molar-refractivity contribution is 7.21. The zero-order valence-corrected chi connectivity index (χ0v) is 22.0. The summed E-state index contributed by atoms with van der Waals surface area (Å²) in [5.74, 6) is 1.10. The Balaban J connectivity index is 1.60. The fourth-order valence-electron chi connectivity index (χ4n) is 4.84. The number of nitrogens with one attached hydrogen (secondary N) is 2. The van der Waals surface area contributed by atoms with Crippen LogP contribution in [0.4, 0.5) is 17.5 Å². The molecular formula is C27H31N5O4S. The lowest BCUT2D eigenvalue weighted by molar-refractivity contribution is 0.00446. The largest absolute Gasteiger partial charge is 0.495 e. The first kappa shape index (κ1) is 25.3. The first-order valence-corrected chi connectivity index (χ1v) is 13.0. The minimum atomic E-state index is -1.05. The van der Waals surface area contributed by atoms with E-state index in [4.69, 9.17) is 19.7 Å². The highest BCUT2D eigenvalue weighted by atomic mass is 32.1. The van der Waals surface area contributed by atoms with E-state index in [2.05, 4.69) is 22.8 Å². The number of aromatic nitrogens is 3. The first-order chi connectivity index (χ1) is 17.8. The van der Waals surface area contributed by atoms with Crippen molar-refractivity contribution < 1.29 is 20.1 Å². The van der Waals surface area contributed by atoms with Gasteiger partial charge in [-0.1, -0.05) is 18.2 Å². The van der Waals surface area contributed by atoms with E-state index in [1.165, 1.54) is 0 Å². The van der Waals surface area contributed by atoms with Gasteiger partial charge in [-0.2, -0.15) is 4.98 Å². The summed E-state index contributed by atoms with van der Waals surface area (Å²) in [6.07, 6.45) is -1.67. The number of aliphatic hydroxyl groups is 3. The smallest absolute Gasteiger partial charge is 0.229 e. The number of benzene rings is 2. The van der Waals surface area contributed by atoms with Crippen LogP contribution in [0.15, 0.2) is 36.4 Å². The van der Waals surface area contributed by atoms with Crippen LogP contribution < -0.4 is 15.4 Å². The number of hydrogen-bond donors (Lipinski definition) is 5. The summed E-state index contributed by atoms with van der Waals surface area (Å²) in [7, 11) is 1.61. The quantitative estimate of drug-likeness (QED) is 0.245. The molecule has 194 valence electrons. The number of hydrogen-bond acceptors (Lipinski definition) is 10. The number of ether oxygens (including phenoxy) is 1. The van der Waals surface area contributed by atoms with Crippen LogP contribution in [0.2, 0.25) is 0 Å². The Labute approximate surface area is 219 Å². The third-order valence-electron chi connectivity index (χ3n) is 6.90.